The molecule has 1 fully saturated rings. The maximum atomic E-state index is 12.5. The molecule has 0 amide bonds. The van der Waals surface area contributed by atoms with E-state index in [0.29, 0.717) is 17.9 Å². The average molecular weight is 282 g/mol. The predicted octanol–water partition coefficient (Wildman–Crippen LogP) is 3.04. The molecule has 0 saturated heterocycles. The van der Waals surface area contributed by atoms with Crippen LogP contribution in [0.2, 0.25) is 5.02 Å². The SMILES string of the molecule is CC(C)(C)OC(=O)C1(c2cccc(Cl)c2)CC(N)C1. The Morgan fingerprint density at radius 2 is 2.05 bits per heavy atom. The van der Waals surface area contributed by atoms with E-state index in [1.807, 2.05) is 39.0 Å². The molecule has 1 aromatic rings. The number of carbonyl (C=O) groups excluding carboxylic acids is 1. The third-order valence-corrected chi connectivity index (χ3v) is 3.62. The van der Waals surface area contributed by atoms with Crippen molar-refractivity contribution in [2.45, 2.75) is 50.7 Å². The van der Waals surface area contributed by atoms with E-state index in [4.69, 9.17) is 22.1 Å². The van der Waals surface area contributed by atoms with Crippen LogP contribution >= 0.6 is 11.6 Å². The summed E-state index contributed by atoms with van der Waals surface area (Å²) in [5.41, 5.74) is 5.66. The van der Waals surface area contributed by atoms with Crippen molar-refractivity contribution in [2.75, 3.05) is 0 Å². The number of esters is 1. The van der Waals surface area contributed by atoms with Crippen molar-refractivity contribution in [1.82, 2.24) is 0 Å². The first-order valence-corrected chi connectivity index (χ1v) is 6.86. The second-order valence-corrected chi connectivity index (χ2v) is 6.70. The Morgan fingerprint density at radius 1 is 1.42 bits per heavy atom. The number of ether oxygens (including phenoxy) is 1. The van der Waals surface area contributed by atoms with Gasteiger partial charge in [0.2, 0.25) is 0 Å². The quantitative estimate of drug-likeness (QED) is 0.848. The molecule has 2 N–H and O–H groups in total. The number of hydrogen-bond acceptors (Lipinski definition) is 3. The lowest BCUT2D eigenvalue weighted by atomic mass is 9.62. The third-order valence-electron chi connectivity index (χ3n) is 3.39. The average Bonchev–Trinajstić information content (AvgIpc) is 2.21. The van der Waals surface area contributed by atoms with E-state index in [1.54, 1.807) is 6.07 Å². The normalized spacial score (nSPS) is 26.7. The molecular formula is C15H20ClNO2. The molecule has 3 nitrogen and oxygen atoms in total. The van der Waals surface area contributed by atoms with Gasteiger partial charge in [0, 0.05) is 11.1 Å². The Kier molecular flexibility index (Phi) is 3.63. The maximum absolute atomic E-state index is 12.5. The second kappa shape index (κ2) is 4.80. The van der Waals surface area contributed by atoms with Crippen molar-refractivity contribution < 1.29 is 9.53 Å². The van der Waals surface area contributed by atoms with Gasteiger partial charge < -0.3 is 10.5 Å². The minimum Gasteiger partial charge on any atom is -0.459 e. The standard InChI is InChI=1S/C15H20ClNO2/c1-14(2,3)19-13(18)15(8-12(17)9-15)10-5-4-6-11(16)7-10/h4-7,12H,8-9,17H2,1-3H3. The molecule has 0 bridgehead atoms. The van der Waals surface area contributed by atoms with E-state index >= 15 is 0 Å². The van der Waals surface area contributed by atoms with E-state index in [9.17, 15) is 4.79 Å². The Morgan fingerprint density at radius 3 is 2.53 bits per heavy atom. The summed E-state index contributed by atoms with van der Waals surface area (Å²) < 4.78 is 5.55. The first-order valence-electron chi connectivity index (χ1n) is 6.48. The summed E-state index contributed by atoms with van der Waals surface area (Å²) in [5.74, 6) is -0.205. The molecule has 19 heavy (non-hydrogen) atoms. The van der Waals surface area contributed by atoms with Crippen molar-refractivity contribution in [3.8, 4) is 0 Å². The van der Waals surface area contributed by atoms with Gasteiger partial charge in [-0.2, -0.15) is 0 Å². The van der Waals surface area contributed by atoms with Gasteiger partial charge in [-0.05, 0) is 51.3 Å². The highest BCUT2D eigenvalue weighted by Gasteiger charge is 2.52. The van der Waals surface area contributed by atoms with Gasteiger partial charge >= 0.3 is 5.97 Å². The Balaban J connectivity index is 2.31. The van der Waals surface area contributed by atoms with Crippen LogP contribution in [-0.4, -0.2) is 17.6 Å². The zero-order chi connectivity index (χ0) is 14.3. The van der Waals surface area contributed by atoms with Crippen molar-refractivity contribution in [2.24, 2.45) is 5.73 Å². The van der Waals surface area contributed by atoms with E-state index in [1.165, 1.54) is 0 Å². The zero-order valence-electron chi connectivity index (χ0n) is 11.6. The van der Waals surface area contributed by atoms with Crippen LogP contribution in [0.4, 0.5) is 0 Å². The summed E-state index contributed by atoms with van der Waals surface area (Å²) >= 11 is 6.02. The molecule has 0 unspecified atom stereocenters. The summed E-state index contributed by atoms with van der Waals surface area (Å²) in [4.78, 5) is 12.5. The van der Waals surface area contributed by atoms with Crippen LogP contribution in [0.5, 0.6) is 0 Å². The first-order chi connectivity index (χ1) is 8.73. The van der Waals surface area contributed by atoms with Gasteiger partial charge in [-0.25, -0.2) is 0 Å². The molecular weight excluding hydrogens is 262 g/mol. The van der Waals surface area contributed by atoms with Gasteiger partial charge in [0.15, 0.2) is 0 Å². The van der Waals surface area contributed by atoms with Gasteiger partial charge in [-0.1, -0.05) is 23.7 Å². The Bertz CT molecular complexity index is 487. The van der Waals surface area contributed by atoms with Gasteiger partial charge in [0.25, 0.3) is 0 Å². The maximum Gasteiger partial charge on any atom is 0.317 e. The van der Waals surface area contributed by atoms with Gasteiger partial charge in [-0.15, -0.1) is 0 Å². The third kappa shape index (κ3) is 2.93. The van der Waals surface area contributed by atoms with Crippen molar-refractivity contribution in [1.29, 1.82) is 0 Å². The first kappa shape index (κ1) is 14.4. The number of halogens is 1. The smallest absolute Gasteiger partial charge is 0.317 e. The highest BCUT2D eigenvalue weighted by molar-refractivity contribution is 6.30. The minimum absolute atomic E-state index is 0.0477. The molecule has 1 aliphatic carbocycles. The number of hydrogen-bond donors (Lipinski definition) is 1. The van der Waals surface area contributed by atoms with Crippen LogP contribution in [0.3, 0.4) is 0 Å². The monoisotopic (exact) mass is 281 g/mol. The molecule has 4 heteroatoms. The van der Waals surface area contributed by atoms with Crippen molar-refractivity contribution >= 4 is 17.6 Å². The molecule has 0 spiro atoms. The van der Waals surface area contributed by atoms with Crippen molar-refractivity contribution in [3.05, 3.63) is 34.9 Å². The second-order valence-electron chi connectivity index (χ2n) is 6.26. The predicted molar refractivity (Wildman–Crippen MR) is 76.2 cm³/mol. The molecule has 1 aromatic carbocycles. The topological polar surface area (TPSA) is 52.3 Å². The van der Waals surface area contributed by atoms with Crippen LogP contribution < -0.4 is 5.73 Å². The number of nitrogens with two attached hydrogens (primary N) is 1. The van der Waals surface area contributed by atoms with E-state index < -0.39 is 11.0 Å². The zero-order valence-corrected chi connectivity index (χ0v) is 12.3. The molecule has 0 aromatic heterocycles. The summed E-state index contributed by atoms with van der Waals surface area (Å²) in [6.45, 7) is 5.61. The van der Waals surface area contributed by atoms with Crippen LogP contribution in [0.15, 0.2) is 24.3 Å². The molecule has 1 aliphatic rings. The number of benzene rings is 1. The van der Waals surface area contributed by atoms with Gasteiger partial charge in [0.1, 0.15) is 5.60 Å². The van der Waals surface area contributed by atoms with E-state index in [-0.39, 0.29) is 12.0 Å². The largest absolute Gasteiger partial charge is 0.459 e. The Hall–Kier alpha value is -1.06. The molecule has 0 atom stereocenters. The van der Waals surface area contributed by atoms with Gasteiger partial charge in [-0.3, -0.25) is 4.79 Å². The highest BCUT2D eigenvalue weighted by atomic mass is 35.5. The number of carbonyl (C=O) groups is 1. The van der Waals surface area contributed by atoms with Crippen LogP contribution in [0.1, 0.15) is 39.2 Å². The summed E-state index contributed by atoms with van der Waals surface area (Å²) in [6, 6.07) is 7.45. The molecule has 0 heterocycles. The minimum atomic E-state index is -0.627. The van der Waals surface area contributed by atoms with Crippen LogP contribution in [0, 0.1) is 0 Å². The summed E-state index contributed by atoms with van der Waals surface area (Å²) in [7, 11) is 0. The lowest BCUT2D eigenvalue weighted by molar-refractivity contribution is -0.166. The van der Waals surface area contributed by atoms with Crippen molar-refractivity contribution in [3.63, 3.8) is 0 Å². The fourth-order valence-corrected chi connectivity index (χ4v) is 2.71. The molecule has 1 saturated carbocycles. The molecule has 0 aliphatic heterocycles. The molecule has 2 rings (SSSR count). The van der Waals surface area contributed by atoms with E-state index in [0.717, 1.165) is 5.56 Å². The summed E-state index contributed by atoms with van der Waals surface area (Å²) in [5, 5.41) is 0.626. The lowest BCUT2D eigenvalue weighted by Gasteiger charge is -2.45. The van der Waals surface area contributed by atoms with Gasteiger partial charge in [0.05, 0.1) is 5.41 Å². The van der Waals surface area contributed by atoms with Crippen LogP contribution in [-0.2, 0) is 14.9 Å². The summed E-state index contributed by atoms with van der Waals surface area (Å²) in [6.07, 6.45) is 1.23. The highest BCUT2D eigenvalue weighted by Crippen LogP contribution is 2.45. The molecule has 0 radical (unpaired) electrons. The molecule has 104 valence electrons. The lowest BCUT2D eigenvalue weighted by Crippen LogP contribution is -2.55. The van der Waals surface area contributed by atoms with Crippen LogP contribution in [0.25, 0.3) is 0 Å². The number of rotatable bonds is 2. The fourth-order valence-electron chi connectivity index (χ4n) is 2.52. The Labute approximate surface area is 119 Å². The van der Waals surface area contributed by atoms with E-state index in [2.05, 4.69) is 0 Å². The fraction of sp³-hybridized carbons (Fsp3) is 0.533.